The summed E-state index contributed by atoms with van der Waals surface area (Å²) in [4.78, 5) is 15.9. The first kappa shape index (κ1) is 21.6. The number of piperazine rings is 1. The third-order valence-corrected chi connectivity index (χ3v) is 6.11. The van der Waals surface area contributed by atoms with E-state index in [2.05, 4.69) is 52.3 Å². The van der Waals surface area contributed by atoms with Gasteiger partial charge in [-0.15, -0.1) is 0 Å². The molecule has 1 N–H and O–H groups in total. The molecule has 1 saturated heterocycles. The van der Waals surface area contributed by atoms with Crippen LogP contribution in [0.1, 0.15) is 28.3 Å². The monoisotopic (exact) mass is 434 g/mol. The van der Waals surface area contributed by atoms with E-state index >= 15 is 0 Å². The molecule has 0 spiro atoms. The van der Waals surface area contributed by atoms with E-state index in [-0.39, 0.29) is 12.5 Å². The van der Waals surface area contributed by atoms with Crippen molar-refractivity contribution in [1.29, 1.82) is 0 Å². The maximum absolute atomic E-state index is 10.9. The first-order chi connectivity index (χ1) is 15.1. The van der Waals surface area contributed by atoms with Crippen LogP contribution in [0.4, 0.5) is 0 Å². The van der Waals surface area contributed by atoms with Crippen LogP contribution < -0.4 is 0 Å². The van der Waals surface area contributed by atoms with Gasteiger partial charge in [-0.1, -0.05) is 78.3 Å². The number of nitrogens with zero attached hydrogens (tertiary/aromatic N) is 2. The first-order valence-electron chi connectivity index (χ1n) is 10.6. The number of hydrogen-bond donors (Lipinski definition) is 1. The highest BCUT2D eigenvalue weighted by molar-refractivity contribution is 6.30. The number of carbonyl (C=O) groups is 1. The Morgan fingerprint density at radius 3 is 2.00 bits per heavy atom. The highest BCUT2D eigenvalue weighted by Gasteiger charge is 2.26. The van der Waals surface area contributed by atoms with Crippen molar-refractivity contribution in [2.75, 3.05) is 26.2 Å². The molecule has 0 radical (unpaired) electrons. The van der Waals surface area contributed by atoms with Gasteiger partial charge in [-0.3, -0.25) is 14.6 Å². The van der Waals surface area contributed by atoms with Gasteiger partial charge in [0.05, 0.1) is 12.5 Å². The molecule has 0 bridgehead atoms. The van der Waals surface area contributed by atoms with Crippen molar-refractivity contribution >= 4 is 17.6 Å². The number of carboxylic acid groups (broad SMARTS) is 1. The van der Waals surface area contributed by atoms with Gasteiger partial charge in [-0.05, 0) is 34.4 Å². The fraction of sp³-hybridized carbons (Fsp3) is 0.269. The number of benzene rings is 3. The fourth-order valence-electron chi connectivity index (χ4n) is 4.27. The third kappa shape index (κ3) is 5.73. The molecule has 1 unspecified atom stereocenters. The van der Waals surface area contributed by atoms with Gasteiger partial charge in [0.2, 0.25) is 0 Å². The lowest BCUT2D eigenvalue weighted by Crippen LogP contribution is -2.47. The molecule has 160 valence electrons. The molecule has 1 fully saturated rings. The Kier molecular flexibility index (Phi) is 7.03. The van der Waals surface area contributed by atoms with E-state index in [0.29, 0.717) is 0 Å². The summed E-state index contributed by atoms with van der Waals surface area (Å²) in [7, 11) is 0. The lowest BCUT2D eigenvalue weighted by atomic mass is 9.96. The summed E-state index contributed by atoms with van der Waals surface area (Å²) in [6.07, 6.45) is 0.0739. The standard InChI is InChI=1S/C26H27ClN2O2/c27-24-12-10-23(11-13-24)26(22-4-2-1-3-5-22)29-16-14-28(15-17-29)19-21-8-6-20(7-9-21)18-25(30)31/h1-13,26H,14-19H2,(H,30,31). The Balaban J connectivity index is 1.42. The van der Waals surface area contributed by atoms with Crippen molar-refractivity contribution in [2.45, 2.75) is 19.0 Å². The van der Waals surface area contributed by atoms with Crippen molar-refractivity contribution < 1.29 is 9.90 Å². The Morgan fingerprint density at radius 1 is 0.806 bits per heavy atom. The molecular weight excluding hydrogens is 408 g/mol. The summed E-state index contributed by atoms with van der Waals surface area (Å²) in [5.41, 5.74) is 4.62. The Hall–Kier alpha value is -2.66. The van der Waals surface area contributed by atoms with E-state index in [1.165, 1.54) is 16.7 Å². The van der Waals surface area contributed by atoms with Gasteiger partial charge in [0.25, 0.3) is 0 Å². The van der Waals surface area contributed by atoms with E-state index in [9.17, 15) is 4.79 Å². The van der Waals surface area contributed by atoms with Crippen LogP contribution in [0.5, 0.6) is 0 Å². The summed E-state index contributed by atoms with van der Waals surface area (Å²) in [5, 5.41) is 9.68. The van der Waals surface area contributed by atoms with E-state index in [1.807, 2.05) is 36.4 Å². The Labute approximate surface area is 188 Å². The van der Waals surface area contributed by atoms with Gasteiger partial charge in [0, 0.05) is 37.7 Å². The van der Waals surface area contributed by atoms with Gasteiger partial charge < -0.3 is 5.11 Å². The largest absolute Gasteiger partial charge is 0.481 e. The maximum atomic E-state index is 10.9. The predicted molar refractivity (Wildman–Crippen MR) is 124 cm³/mol. The lowest BCUT2D eigenvalue weighted by molar-refractivity contribution is -0.136. The zero-order valence-electron chi connectivity index (χ0n) is 17.5. The molecule has 1 heterocycles. The molecule has 0 aliphatic carbocycles. The molecule has 1 aliphatic rings. The normalized spacial score (nSPS) is 16.2. The van der Waals surface area contributed by atoms with Crippen LogP contribution in [0.15, 0.2) is 78.9 Å². The maximum Gasteiger partial charge on any atom is 0.307 e. The van der Waals surface area contributed by atoms with Crippen LogP contribution in [-0.4, -0.2) is 47.1 Å². The summed E-state index contributed by atoms with van der Waals surface area (Å²) in [6, 6.07) is 27.0. The zero-order valence-corrected chi connectivity index (χ0v) is 18.2. The molecule has 4 nitrogen and oxygen atoms in total. The quantitative estimate of drug-likeness (QED) is 0.576. The van der Waals surface area contributed by atoms with Crippen LogP contribution in [0.2, 0.25) is 5.02 Å². The lowest BCUT2D eigenvalue weighted by Gasteiger charge is -2.40. The van der Waals surface area contributed by atoms with Gasteiger partial charge in [0.1, 0.15) is 0 Å². The Bertz CT molecular complexity index is 982. The zero-order chi connectivity index (χ0) is 21.6. The van der Waals surface area contributed by atoms with Crippen LogP contribution in [0.25, 0.3) is 0 Å². The molecule has 0 aromatic heterocycles. The second kappa shape index (κ2) is 10.1. The first-order valence-corrected chi connectivity index (χ1v) is 11.0. The van der Waals surface area contributed by atoms with Gasteiger partial charge in [-0.25, -0.2) is 0 Å². The third-order valence-electron chi connectivity index (χ3n) is 5.86. The van der Waals surface area contributed by atoms with Crippen molar-refractivity contribution in [1.82, 2.24) is 9.80 Å². The van der Waals surface area contributed by atoms with E-state index in [0.717, 1.165) is 43.3 Å². The predicted octanol–water partition coefficient (Wildman–Crippen LogP) is 4.87. The smallest absolute Gasteiger partial charge is 0.307 e. The highest BCUT2D eigenvalue weighted by Crippen LogP contribution is 2.30. The second-order valence-corrected chi connectivity index (χ2v) is 8.50. The van der Waals surface area contributed by atoms with Crippen molar-refractivity contribution in [3.63, 3.8) is 0 Å². The van der Waals surface area contributed by atoms with Gasteiger partial charge in [-0.2, -0.15) is 0 Å². The van der Waals surface area contributed by atoms with E-state index < -0.39 is 5.97 Å². The van der Waals surface area contributed by atoms with Gasteiger partial charge >= 0.3 is 5.97 Å². The number of halogens is 1. The van der Waals surface area contributed by atoms with Crippen LogP contribution in [0.3, 0.4) is 0 Å². The summed E-state index contributed by atoms with van der Waals surface area (Å²) < 4.78 is 0. The van der Waals surface area contributed by atoms with Crippen molar-refractivity contribution in [3.05, 3.63) is 106 Å². The molecule has 3 aromatic rings. The van der Waals surface area contributed by atoms with Gasteiger partial charge in [0.15, 0.2) is 0 Å². The molecule has 0 amide bonds. The molecule has 1 atom stereocenters. The molecular formula is C26H27ClN2O2. The van der Waals surface area contributed by atoms with Crippen molar-refractivity contribution in [2.24, 2.45) is 0 Å². The molecule has 1 aliphatic heterocycles. The van der Waals surface area contributed by atoms with Crippen LogP contribution >= 0.6 is 11.6 Å². The van der Waals surface area contributed by atoms with E-state index in [1.54, 1.807) is 0 Å². The number of hydrogen-bond acceptors (Lipinski definition) is 3. The minimum absolute atomic E-state index is 0.0739. The molecule has 3 aromatic carbocycles. The minimum atomic E-state index is -0.794. The second-order valence-electron chi connectivity index (χ2n) is 8.06. The average Bonchev–Trinajstić information content (AvgIpc) is 2.78. The number of aliphatic carboxylic acids is 1. The summed E-state index contributed by atoms with van der Waals surface area (Å²) >= 11 is 6.13. The summed E-state index contributed by atoms with van der Waals surface area (Å²) in [5.74, 6) is -0.794. The molecule has 5 heteroatoms. The van der Waals surface area contributed by atoms with Crippen LogP contribution in [0, 0.1) is 0 Å². The van der Waals surface area contributed by atoms with Crippen LogP contribution in [-0.2, 0) is 17.8 Å². The molecule has 0 saturated carbocycles. The minimum Gasteiger partial charge on any atom is -0.481 e. The summed E-state index contributed by atoms with van der Waals surface area (Å²) in [6.45, 7) is 4.85. The number of rotatable bonds is 7. The molecule has 31 heavy (non-hydrogen) atoms. The topological polar surface area (TPSA) is 43.8 Å². The highest BCUT2D eigenvalue weighted by atomic mass is 35.5. The fourth-order valence-corrected chi connectivity index (χ4v) is 4.40. The SMILES string of the molecule is O=C(O)Cc1ccc(CN2CCN(C(c3ccccc3)c3ccc(Cl)cc3)CC2)cc1. The van der Waals surface area contributed by atoms with E-state index in [4.69, 9.17) is 16.7 Å². The Morgan fingerprint density at radius 2 is 1.39 bits per heavy atom. The number of carboxylic acids is 1. The average molecular weight is 435 g/mol. The van der Waals surface area contributed by atoms with Crippen molar-refractivity contribution in [3.8, 4) is 0 Å². The molecule has 4 rings (SSSR count).